The third-order valence-corrected chi connectivity index (χ3v) is 3.42. The zero-order chi connectivity index (χ0) is 14.8. The molecule has 2 aromatic heterocycles. The minimum absolute atomic E-state index is 0.835. The molecule has 0 spiro atoms. The van der Waals surface area contributed by atoms with Gasteiger partial charge in [0, 0.05) is 30.3 Å². The number of aliphatic carboxylic acids is 1. The summed E-state index contributed by atoms with van der Waals surface area (Å²) in [5.74, 6) is -0.963. The van der Waals surface area contributed by atoms with Crippen molar-refractivity contribution in [3.63, 3.8) is 0 Å². The maximum atomic E-state index is 10.9. The first-order valence-electron chi connectivity index (χ1n) is 6.58. The van der Waals surface area contributed by atoms with Crippen LogP contribution in [0.5, 0.6) is 0 Å². The van der Waals surface area contributed by atoms with E-state index >= 15 is 0 Å². The number of nitrogens with zero attached hydrogens (tertiary/aromatic N) is 2. The Balaban J connectivity index is 2.34. The number of pyridine rings is 1. The summed E-state index contributed by atoms with van der Waals surface area (Å²) in [4.78, 5) is 15.3. The highest BCUT2D eigenvalue weighted by Gasteiger charge is 2.15. The highest BCUT2D eigenvalue weighted by Crippen LogP contribution is 2.32. The smallest absolute Gasteiger partial charge is 0.328 e. The van der Waals surface area contributed by atoms with E-state index in [-0.39, 0.29) is 0 Å². The second kappa shape index (κ2) is 5.25. The van der Waals surface area contributed by atoms with Crippen molar-refractivity contribution >= 4 is 23.1 Å². The van der Waals surface area contributed by atoms with Crippen LogP contribution in [-0.4, -0.2) is 20.6 Å². The number of hydrogen-bond acceptors (Lipinski definition) is 2. The van der Waals surface area contributed by atoms with Crippen LogP contribution in [0.25, 0.3) is 28.4 Å². The maximum Gasteiger partial charge on any atom is 0.328 e. The predicted molar refractivity (Wildman–Crippen MR) is 82.8 cm³/mol. The van der Waals surface area contributed by atoms with Crippen molar-refractivity contribution in [3.8, 4) is 11.3 Å². The second-order valence-corrected chi connectivity index (χ2v) is 4.73. The van der Waals surface area contributed by atoms with Gasteiger partial charge < -0.3 is 9.67 Å². The Morgan fingerprint density at radius 1 is 1.19 bits per heavy atom. The van der Waals surface area contributed by atoms with Crippen LogP contribution in [0.4, 0.5) is 0 Å². The van der Waals surface area contributed by atoms with Crippen molar-refractivity contribution in [1.82, 2.24) is 9.55 Å². The first-order chi connectivity index (χ1) is 10.2. The lowest BCUT2D eigenvalue weighted by Gasteiger charge is -2.05. The number of aryl methyl sites for hydroxylation is 1. The SMILES string of the molecule is Cn1c(-c2ccccc2)c(/C=C/C(=O)O)c2cccnc21. The standard InChI is InChI=1S/C17H14N2O2/c1-19-16(12-6-3-2-4-7-12)13(9-10-15(20)21)14-8-5-11-18-17(14)19/h2-11H,1H3,(H,20,21)/b10-9+. The molecule has 21 heavy (non-hydrogen) atoms. The van der Waals surface area contributed by atoms with Crippen molar-refractivity contribution < 1.29 is 9.90 Å². The lowest BCUT2D eigenvalue weighted by molar-refractivity contribution is -0.131. The molecule has 3 rings (SSSR count). The summed E-state index contributed by atoms with van der Waals surface area (Å²) < 4.78 is 1.99. The fourth-order valence-electron chi connectivity index (χ4n) is 2.56. The van der Waals surface area contributed by atoms with Crippen LogP contribution in [0, 0.1) is 0 Å². The van der Waals surface area contributed by atoms with Gasteiger partial charge in [-0.05, 0) is 23.8 Å². The largest absolute Gasteiger partial charge is 0.478 e. The quantitative estimate of drug-likeness (QED) is 0.748. The minimum atomic E-state index is -0.963. The fourth-order valence-corrected chi connectivity index (χ4v) is 2.56. The summed E-state index contributed by atoms with van der Waals surface area (Å²) in [5, 5.41) is 9.85. The van der Waals surface area contributed by atoms with Gasteiger partial charge in [-0.1, -0.05) is 30.3 Å². The van der Waals surface area contributed by atoms with Gasteiger partial charge in [0.15, 0.2) is 0 Å². The minimum Gasteiger partial charge on any atom is -0.478 e. The number of benzene rings is 1. The Bertz CT molecular complexity index is 833. The number of carboxylic acids is 1. The molecule has 0 atom stereocenters. The van der Waals surface area contributed by atoms with Crippen molar-refractivity contribution in [1.29, 1.82) is 0 Å². The van der Waals surface area contributed by atoms with Gasteiger partial charge in [-0.15, -0.1) is 0 Å². The zero-order valence-electron chi connectivity index (χ0n) is 11.5. The third-order valence-electron chi connectivity index (χ3n) is 3.42. The number of rotatable bonds is 3. The monoisotopic (exact) mass is 278 g/mol. The summed E-state index contributed by atoms with van der Waals surface area (Å²) in [6.07, 6.45) is 4.53. The van der Waals surface area contributed by atoms with Crippen LogP contribution in [-0.2, 0) is 11.8 Å². The number of aromatic nitrogens is 2. The Kier molecular flexibility index (Phi) is 3.28. The van der Waals surface area contributed by atoms with E-state index < -0.39 is 5.97 Å². The van der Waals surface area contributed by atoms with E-state index in [1.165, 1.54) is 0 Å². The van der Waals surface area contributed by atoms with E-state index in [0.29, 0.717) is 0 Å². The summed E-state index contributed by atoms with van der Waals surface area (Å²) in [7, 11) is 1.94. The van der Waals surface area contributed by atoms with Gasteiger partial charge in [0.1, 0.15) is 5.65 Å². The van der Waals surface area contributed by atoms with Crippen LogP contribution >= 0.6 is 0 Å². The molecular weight excluding hydrogens is 264 g/mol. The van der Waals surface area contributed by atoms with Crippen molar-refractivity contribution in [2.75, 3.05) is 0 Å². The molecule has 0 aliphatic heterocycles. The first-order valence-corrected chi connectivity index (χ1v) is 6.58. The molecule has 104 valence electrons. The van der Waals surface area contributed by atoms with Crippen LogP contribution in [0.15, 0.2) is 54.7 Å². The Labute approximate surface area is 122 Å². The molecule has 4 nitrogen and oxygen atoms in total. The molecule has 2 heterocycles. The molecule has 0 unspecified atom stereocenters. The van der Waals surface area contributed by atoms with Crippen molar-refractivity contribution in [3.05, 3.63) is 60.3 Å². The normalized spacial score (nSPS) is 11.3. The lowest BCUT2D eigenvalue weighted by Crippen LogP contribution is -1.93. The molecule has 0 radical (unpaired) electrons. The third kappa shape index (κ3) is 2.31. The first kappa shape index (κ1) is 13.1. The molecule has 1 aromatic carbocycles. The number of carbonyl (C=O) groups is 1. The molecule has 4 heteroatoms. The summed E-state index contributed by atoms with van der Waals surface area (Å²) in [6.45, 7) is 0. The van der Waals surface area contributed by atoms with Crippen molar-refractivity contribution in [2.24, 2.45) is 7.05 Å². The number of carboxylic acid groups (broad SMARTS) is 1. The Hall–Kier alpha value is -2.88. The summed E-state index contributed by atoms with van der Waals surface area (Å²) in [5.41, 5.74) is 3.69. The molecule has 1 N–H and O–H groups in total. The molecule has 0 bridgehead atoms. The molecule has 0 aliphatic rings. The van der Waals surface area contributed by atoms with E-state index in [1.54, 1.807) is 12.3 Å². The van der Waals surface area contributed by atoms with Gasteiger partial charge in [0.05, 0.1) is 5.69 Å². The van der Waals surface area contributed by atoms with Crippen LogP contribution < -0.4 is 0 Å². The van der Waals surface area contributed by atoms with E-state index in [2.05, 4.69) is 4.98 Å². The van der Waals surface area contributed by atoms with E-state index in [1.807, 2.05) is 54.1 Å². The fraction of sp³-hybridized carbons (Fsp3) is 0.0588. The van der Waals surface area contributed by atoms with Gasteiger partial charge in [-0.25, -0.2) is 9.78 Å². The summed E-state index contributed by atoms with van der Waals surface area (Å²) >= 11 is 0. The van der Waals surface area contributed by atoms with Crippen molar-refractivity contribution in [2.45, 2.75) is 0 Å². The molecule has 3 aromatic rings. The molecule has 0 saturated carbocycles. The highest BCUT2D eigenvalue weighted by molar-refractivity contribution is 5.98. The Morgan fingerprint density at radius 3 is 2.67 bits per heavy atom. The van der Waals surface area contributed by atoms with Gasteiger partial charge in [-0.3, -0.25) is 0 Å². The summed E-state index contributed by atoms with van der Waals surface area (Å²) in [6, 6.07) is 13.7. The van der Waals surface area contributed by atoms with E-state index in [4.69, 9.17) is 5.11 Å². The van der Waals surface area contributed by atoms with E-state index in [0.717, 1.165) is 33.9 Å². The Morgan fingerprint density at radius 2 is 1.95 bits per heavy atom. The molecule has 0 aliphatic carbocycles. The van der Waals surface area contributed by atoms with E-state index in [9.17, 15) is 4.79 Å². The molecule has 0 amide bonds. The predicted octanol–water partition coefficient (Wildman–Crippen LogP) is 3.34. The van der Waals surface area contributed by atoms with Crippen LogP contribution in [0.2, 0.25) is 0 Å². The van der Waals surface area contributed by atoms with Gasteiger partial charge >= 0.3 is 5.97 Å². The average molecular weight is 278 g/mol. The molecule has 0 saturated heterocycles. The van der Waals surface area contributed by atoms with Gasteiger partial charge in [0.25, 0.3) is 0 Å². The molecule has 0 fully saturated rings. The topological polar surface area (TPSA) is 55.1 Å². The second-order valence-electron chi connectivity index (χ2n) is 4.73. The van der Waals surface area contributed by atoms with Crippen LogP contribution in [0.1, 0.15) is 5.56 Å². The highest BCUT2D eigenvalue weighted by atomic mass is 16.4. The average Bonchev–Trinajstić information content (AvgIpc) is 2.79. The number of fused-ring (bicyclic) bond motifs is 1. The number of hydrogen-bond donors (Lipinski definition) is 1. The van der Waals surface area contributed by atoms with Gasteiger partial charge in [-0.2, -0.15) is 0 Å². The van der Waals surface area contributed by atoms with Crippen LogP contribution in [0.3, 0.4) is 0 Å². The molecular formula is C17H14N2O2. The lowest BCUT2D eigenvalue weighted by atomic mass is 10.1. The van der Waals surface area contributed by atoms with Gasteiger partial charge in [0.2, 0.25) is 0 Å². The zero-order valence-corrected chi connectivity index (χ0v) is 11.5. The maximum absolute atomic E-state index is 10.9.